The van der Waals surface area contributed by atoms with Crippen molar-refractivity contribution >= 4 is 5.95 Å². The van der Waals surface area contributed by atoms with Crippen molar-refractivity contribution in [2.75, 3.05) is 32.0 Å². The summed E-state index contributed by atoms with van der Waals surface area (Å²) >= 11 is 0. The van der Waals surface area contributed by atoms with Gasteiger partial charge in [0, 0.05) is 44.1 Å². The number of nitrogen functional groups attached to an aromatic ring is 1. The zero-order chi connectivity index (χ0) is 10.9. The van der Waals surface area contributed by atoms with Gasteiger partial charge in [-0.25, -0.2) is 9.97 Å². The predicted octanol–water partition coefficient (Wildman–Crippen LogP) is -1.27. The summed E-state index contributed by atoms with van der Waals surface area (Å²) in [6, 6.07) is 0. The van der Waals surface area contributed by atoms with Crippen LogP contribution in [-0.4, -0.2) is 41.3 Å². The molecule has 15 heavy (non-hydrogen) atoms. The topological polar surface area (TPSA) is 96.1 Å². The smallest absolute Gasteiger partial charge is 0.219 e. The highest BCUT2D eigenvalue weighted by molar-refractivity contribution is 5.16. The zero-order valence-electron chi connectivity index (χ0n) is 8.61. The van der Waals surface area contributed by atoms with Gasteiger partial charge in [-0.05, 0) is 0 Å². The molecule has 1 rings (SSSR count). The average molecular weight is 211 g/mol. The molecule has 0 aliphatic rings. The van der Waals surface area contributed by atoms with Crippen LogP contribution in [0, 0.1) is 0 Å². The molecule has 0 aromatic carbocycles. The van der Waals surface area contributed by atoms with Gasteiger partial charge in [-0.2, -0.15) is 0 Å². The van der Waals surface area contributed by atoms with Crippen LogP contribution in [0.5, 0.6) is 0 Å². The monoisotopic (exact) mass is 211 g/mol. The Morgan fingerprint density at radius 2 is 1.80 bits per heavy atom. The minimum Gasteiger partial charge on any atom is -0.395 e. The Bertz CT molecular complexity index is 264. The molecule has 0 radical (unpaired) electrons. The first-order valence-corrected chi connectivity index (χ1v) is 4.91. The minimum absolute atomic E-state index is 0.172. The van der Waals surface area contributed by atoms with E-state index in [9.17, 15) is 0 Å². The number of nitrogens with zero attached hydrogens (tertiary/aromatic N) is 2. The molecule has 0 fully saturated rings. The first kappa shape index (κ1) is 11.8. The summed E-state index contributed by atoms with van der Waals surface area (Å²) in [4.78, 5) is 7.77. The summed E-state index contributed by atoms with van der Waals surface area (Å²) in [5.41, 5.74) is 6.37. The lowest BCUT2D eigenvalue weighted by Gasteiger charge is -2.05. The molecule has 0 atom stereocenters. The van der Waals surface area contributed by atoms with Crippen LogP contribution in [0.4, 0.5) is 5.95 Å². The standard InChI is InChI=1S/C9H17N5O/c10-9-13-6-8(7-14-9)5-12-2-1-11-3-4-15/h6-7,11-12,15H,1-5H2,(H2,10,13,14). The lowest BCUT2D eigenvalue weighted by molar-refractivity contribution is 0.292. The summed E-state index contributed by atoms with van der Waals surface area (Å²) in [6.45, 7) is 3.19. The molecule has 84 valence electrons. The summed E-state index contributed by atoms with van der Waals surface area (Å²) in [5, 5.41) is 14.8. The molecule has 6 nitrogen and oxygen atoms in total. The molecule has 0 spiro atoms. The second kappa shape index (κ2) is 7.10. The van der Waals surface area contributed by atoms with E-state index in [1.54, 1.807) is 12.4 Å². The van der Waals surface area contributed by atoms with E-state index in [0.29, 0.717) is 12.5 Å². The fraction of sp³-hybridized carbons (Fsp3) is 0.556. The van der Waals surface area contributed by atoms with Gasteiger partial charge in [-0.3, -0.25) is 0 Å². The molecule has 0 aliphatic heterocycles. The predicted molar refractivity (Wildman–Crippen MR) is 58.1 cm³/mol. The van der Waals surface area contributed by atoms with Crippen molar-refractivity contribution in [3.8, 4) is 0 Å². The van der Waals surface area contributed by atoms with Crippen LogP contribution in [0.25, 0.3) is 0 Å². The van der Waals surface area contributed by atoms with Crippen LogP contribution in [-0.2, 0) is 6.54 Å². The Morgan fingerprint density at radius 1 is 1.13 bits per heavy atom. The first-order chi connectivity index (χ1) is 7.33. The van der Waals surface area contributed by atoms with Crippen molar-refractivity contribution in [3.05, 3.63) is 18.0 Å². The number of rotatable bonds is 7. The van der Waals surface area contributed by atoms with Crippen molar-refractivity contribution in [3.63, 3.8) is 0 Å². The third-order valence-electron chi connectivity index (χ3n) is 1.82. The Morgan fingerprint density at radius 3 is 2.47 bits per heavy atom. The van der Waals surface area contributed by atoms with Crippen LogP contribution in [0.1, 0.15) is 5.56 Å². The number of hydrogen-bond acceptors (Lipinski definition) is 6. The largest absolute Gasteiger partial charge is 0.395 e. The van der Waals surface area contributed by atoms with Crippen molar-refractivity contribution in [2.24, 2.45) is 0 Å². The molecule has 6 heteroatoms. The van der Waals surface area contributed by atoms with E-state index in [1.807, 2.05) is 0 Å². The number of nitrogens with two attached hydrogens (primary N) is 1. The van der Waals surface area contributed by atoms with E-state index >= 15 is 0 Å². The molecule has 0 saturated heterocycles. The van der Waals surface area contributed by atoms with Gasteiger partial charge >= 0.3 is 0 Å². The summed E-state index contributed by atoms with van der Waals surface area (Å²) in [6.07, 6.45) is 3.41. The average Bonchev–Trinajstić information content (AvgIpc) is 2.26. The van der Waals surface area contributed by atoms with Crippen LogP contribution in [0.15, 0.2) is 12.4 Å². The van der Waals surface area contributed by atoms with Gasteiger partial charge in [0.2, 0.25) is 5.95 Å². The maximum Gasteiger partial charge on any atom is 0.219 e. The summed E-state index contributed by atoms with van der Waals surface area (Å²) in [5.74, 6) is 0.295. The fourth-order valence-electron chi connectivity index (χ4n) is 1.07. The molecule has 0 unspecified atom stereocenters. The quantitative estimate of drug-likeness (QED) is 0.420. The first-order valence-electron chi connectivity index (χ1n) is 4.91. The molecule has 0 saturated carbocycles. The van der Waals surface area contributed by atoms with Crippen molar-refractivity contribution in [1.29, 1.82) is 0 Å². The van der Waals surface area contributed by atoms with Gasteiger partial charge in [0.25, 0.3) is 0 Å². The Balaban J connectivity index is 2.07. The van der Waals surface area contributed by atoms with Crippen LogP contribution in [0.3, 0.4) is 0 Å². The zero-order valence-corrected chi connectivity index (χ0v) is 8.61. The molecule has 0 aliphatic carbocycles. The van der Waals surface area contributed by atoms with Gasteiger partial charge in [-0.15, -0.1) is 0 Å². The van der Waals surface area contributed by atoms with Gasteiger partial charge in [-0.1, -0.05) is 0 Å². The van der Waals surface area contributed by atoms with Crippen LogP contribution >= 0.6 is 0 Å². The van der Waals surface area contributed by atoms with Crippen LogP contribution < -0.4 is 16.4 Å². The van der Waals surface area contributed by atoms with Crippen molar-refractivity contribution in [2.45, 2.75) is 6.54 Å². The molecular formula is C9H17N5O. The van der Waals surface area contributed by atoms with Crippen molar-refractivity contribution < 1.29 is 5.11 Å². The lowest BCUT2D eigenvalue weighted by atomic mass is 10.3. The Labute approximate surface area is 88.9 Å². The third-order valence-corrected chi connectivity index (χ3v) is 1.82. The minimum atomic E-state index is 0.172. The van der Waals surface area contributed by atoms with E-state index < -0.39 is 0 Å². The van der Waals surface area contributed by atoms with E-state index in [1.165, 1.54) is 0 Å². The van der Waals surface area contributed by atoms with Crippen LogP contribution in [0.2, 0.25) is 0 Å². The van der Waals surface area contributed by atoms with Gasteiger partial charge in [0.1, 0.15) is 0 Å². The highest BCUT2D eigenvalue weighted by Gasteiger charge is 1.93. The molecule has 1 aromatic rings. The maximum absolute atomic E-state index is 8.52. The molecular weight excluding hydrogens is 194 g/mol. The Kier molecular flexibility index (Phi) is 5.60. The lowest BCUT2D eigenvalue weighted by Crippen LogP contribution is -2.28. The fourth-order valence-corrected chi connectivity index (χ4v) is 1.07. The summed E-state index contributed by atoms with van der Waals surface area (Å²) < 4.78 is 0. The maximum atomic E-state index is 8.52. The van der Waals surface area contributed by atoms with E-state index in [2.05, 4.69) is 20.6 Å². The van der Waals surface area contributed by atoms with Crippen molar-refractivity contribution in [1.82, 2.24) is 20.6 Å². The highest BCUT2D eigenvalue weighted by atomic mass is 16.3. The van der Waals surface area contributed by atoms with Gasteiger partial charge in [0.15, 0.2) is 0 Å². The van der Waals surface area contributed by atoms with E-state index in [4.69, 9.17) is 10.8 Å². The highest BCUT2D eigenvalue weighted by Crippen LogP contribution is 1.95. The Hall–Kier alpha value is -1.24. The molecule has 1 aromatic heterocycles. The molecule has 0 bridgehead atoms. The normalized spacial score (nSPS) is 10.5. The number of hydrogen-bond donors (Lipinski definition) is 4. The second-order valence-electron chi connectivity index (χ2n) is 3.10. The SMILES string of the molecule is Nc1ncc(CNCCNCCO)cn1. The van der Waals surface area contributed by atoms with Gasteiger partial charge in [0.05, 0.1) is 6.61 Å². The van der Waals surface area contributed by atoms with E-state index in [0.717, 1.165) is 25.2 Å². The molecule has 5 N–H and O–H groups in total. The number of aromatic nitrogens is 2. The summed E-state index contributed by atoms with van der Waals surface area (Å²) in [7, 11) is 0. The number of nitrogens with one attached hydrogen (secondary N) is 2. The molecule has 0 amide bonds. The van der Waals surface area contributed by atoms with Gasteiger partial charge < -0.3 is 21.5 Å². The van der Waals surface area contributed by atoms with E-state index in [-0.39, 0.29) is 6.61 Å². The number of aliphatic hydroxyl groups is 1. The molecule has 1 heterocycles. The second-order valence-corrected chi connectivity index (χ2v) is 3.10. The third kappa shape index (κ3) is 5.26. The number of aliphatic hydroxyl groups excluding tert-OH is 1. The number of anilines is 1.